The number of carbonyl (C=O) groups is 2. The molecule has 0 aromatic carbocycles. The molecule has 8 N–H and O–H groups in total. The Bertz CT molecular complexity index is 1930. The van der Waals surface area contributed by atoms with E-state index in [2.05, 4.69) is 30.1 Å². The molecule has 1 aromatic rings. The number of aliphatic hydroxyl groups is 4. The van der Waals surface area contributed by atoms with Crippen LogP contribution in [0.15, 0.2) is 65.7 Å². The summed E-state index contributed by atoms with van der Waals surface area (Å²) in [5.41, 5.74) is 4.56. The van der Waals surface area contributed by atoms with Crippen molar-refractivity contribution < 1.29 is 76.5 Å². The SMILES string of the molecule is CCCCC[C@H](O)/C=C/C=C\C/C=C\C=C\[C@H](O)CCCC(=O)OC[C@H](COP(=O)(O)OP(=O)(O)OC[C@H]1O[C@@H](n2ccc(N)nc2=O)[C@H](O)[C@@H]1O)OC(=O)CCCCCCCCCCCCC(C)CC. The van der Waals surface area contributed by atoms with Crippen LogP contribution in [0.5, 0.6) is 0 Å². The summed E-state index contributed by atoms with van der Waals surface area (Å²) in [7, 11) is -10.9. The number of rotatable bonds is 40. The van der Waals surface area contributed by atoms with Crippen LogP contribution in [0.2, 0.25) is 0 Å². The smallest absolute Gasteiger partial charge is 0.462 e. The lowest BCUT2D eigenvalue weighted by molar-refractivity contribution is -0.161. The molecule has 0 radical (unpaired) electrons. The zero-order valence-corrected chi connectivity index (χ0v) is 43.7. The van der Waals surface area contributed by atoms with Gasteiger partial charge in [-0.05, 0) is 44.1 Å². The van der Waals surface area contributed by atoms with Gasteiger partial charge in [0.2, 0.25) is 0 Å². The van der Waals surface area contributed by atoms with Gasteiger partial charge in [0, 0.05) is 19.0 Å². The summed E-state index contributed by atoms with van der Waals surface area (Å²) in [6, 6.07) is 1.23. The van der Waals surface area contributed by atoms with Gasteiger partial charge in [-0.1, -0.05) is 159 Å². The van der Waals surface area contributed by atoms with Gasteiger partial charge in [-0.2, -0.15) is 9.29 Å². The molecule has 0 spiro atoms. The van der Waals surface area contributed by atoms with E-state index in [1.807, 2.05) is 24.3 Å². The number of esters is 2. The number of nitrogens with zero attached hydrogens (tertiary/aromatic N) is 2. The number of hydrogen-bond acceptors (Lipinski definition) is 17. The fourth-order valence-corrected chi connectivity index (χ4v) is 9.38. The summed E-state index contributed by atoms with van der Waals surface area (Å²) in [4.78, 5) is 61.9. The molecule has 20 nitrogen and oxygen atoms in total. The minimum absolute atomic E-state index is 0.000614. The fourth-order valence-electron chi connectivity index (χ4n) is 7.27. The molecule has 3 unspecified atom stereocenters. The number of hydrogen-bond donors (Lipinski definition) is 7. The summed E-state index contributed by atoms with van der Waals surface area (Å²) < 4.78 is 56.6. The molecule has 1 aromatic heterocycles. The molecule has 0 bridgehead atoms. The van der Waals surface area contributed by atoms with Gasteiger partial charge in [0.1, 0.15) is 30.7 Å². The number of nitrogen functional groups attached to an aromatic ring is 1. The first-order chi connectivity index (χ1) is 33.9. The maximum atomic E-state index is 12.9. The third-order valence-corrected chi connectivity index (χ3v) is 14.3. The van der Waals surface area contributed by atoms with E-state index >= 15 is 0 Å². The van der Waals surface area contributed by atoms with Crippen molar-refractivity contribution in [3.8, 4) is 0 Å². The Morgan fingerprint density at radius 2 is 1.34 bits per heavy atom. The molecular weight excluding hydrogens is 964 g/mol. The van der Waals surface area contributed by atoms with Gasteiger partial charge in [-0.15, -0.1) is 0 Å². The van der Waals surface area contributed by atoms with E-state index in [9.17, 15) is 53.7 Å². The average Bonchev–Trinajstić information content (AvgIpc) is 3.59. The number of unbranched alkanes of at least 4 members (excludes halogenated alkanes) is 11. The van der Waals surface area contributed by atoms with Crippen molar-refractivity contribution in [1.29, 1.82) is 0 Å². The second-order valence-electron chi connectivity index (χ2n) is 18.0. The number of nitrogens with two attached hydrogens (primary N) is 1. The molecule has 1 aliphatic heterocycles. The third-order valence-electron chi connectivity index (χ3n) is 11.7. The Morgan fingerprint density at radius 1 is 0.775 bits per heavy atom. The summed E-state index contributed by atoms with van der Waals surface area (Å²) in [6.45, 7) is 4.13. The van der Waals surface area contributed by atoms with Crippen molar-refractivity contribution in [3.63, 3.8) is 0 Å². The molecular formula is C49H83N3O17P2. The first kappa shape index (κ1) is 63.8. The molecule has 406 valence electrons. The van der Waals surface area contributed by atoms with Crippen LogP contribution in [0.1, 0.15) is 162 Å². The van der Waals surface area contributed by atoms with E-state index in [0.717, 1.165) is 74.5 Å². The Kier molecular flexibility index (Phi) is 32.8. The Balaban J connectivity index is 1.87. The van der Waals surface area contributed by atoms with Crippen molar-refractivity contribution in [2.75, 3.05) is 25.6 Å². The first-order valence-electron chi connectivity index (χ1n) is 25.3. The minimum atomic E-state index is -5.47. The third kappa shape index (κ3) is 29.8. The van der Waals surface area contributed by atoms with Crippen molar-refractivity contribution >= 4 is 33.4 Å². The zero-order valence-electron chi connectivity index (χ0n) is 41.9. The predicted octanol–water partition coefficient (Wildman–Crippen LogP) is 7.96. The number of phosphoric acid groups is 2. The van der Waals surface area contributed by atoms with Crippen LogP contribution in [0, 0.1) is 5.92 Å². The topological polar surface area (TPSA) is 306 Å². The van der Waals surface area contributed by atoms with Gasteiger partial charge in [0.15, 0.2) is 12.3 Å². The molecule has 0 aliphatic carbocycles. The number of ether oxygens (including phenoxy) is 3. The second-order valence-corrected chi connectivity index (χ2v) is 21.0. The molecule has 0 saturated carbocycles. The summed E-state index contributed by atoms with van der Waals surface area (Å²) in [5.74, 6) is -0.755. The molecule has 0 amide bonds. The number of phosphoric ester groups is 2. The van der Waals surface area contributed by atoms with Crippen molar-refractivity contribution in [1.82, 2.24) is 9.55 Å². The van der Waals surface area contributed by atoms with Crippen LogP contribution in [0.25, 0.3) is 0 Å². The normalized spacial score (nSPS) is 20.9. The largest absolute Gasteiger partial charge is 0.481 e. The van der Waals surface area contributed by atoms with E-state index in [1.165, 1.54) is 44.6 Å². The van der Waals surface area contributed by atoms with Crippen LogP contribution in [-0.2, 0) is 46.3 Å². The van der Waals surface area contributed by atoms with Gasteiger partial charge in [0.25, 0.3) is 0 Å². The molecule has 1 aliphatic rings. The number of allylic oxidation sites excluding steroid dienone is 6. The standard InChI is InChI=1S/C49H83N3O17P2/c1-4-6-20-27-39(53)28-22-17-13-11-14-18-23-29-40(54)30-25-32-44(55)64-35-41(67-45(56)31-24-19-15-10-8-7-9-12-16-21-26-38(3)5-2)36-65-70(60,61)69-71(62,63)66-37-42-46(57)47(58)48(68-42)52-34-33-43(50)51-49(52)59/h13-14,17-18,22-23,28-29,33-34,38-42,46-48,53-54,57-58H,4-12,15-16,19-21,24-27,30-32,35-37H2,1-3H3,(H,60,61)(H,62,63)(H2,50,51,59)/b17-13-,18-14-,28-22+,29-23+/t38?,39-,40-,41+,42+,46+,47+,48+/m0/s1. The Hall–Kier alpha value is -3.36. The maximum Gasteiger partial charge on any atom is 0.481 e. The molecule has 1 fully saturated rings. The lowest BCUT2D eigenvalue weighted by Crippen LogP contribution is -2.36. The van der Waals surface area contributed by atoms with Crippen LogP contribution in [0.4, 0.5) is 5.82 Å². The van der Waals surface area contributed by atoms with Crippen LogP contribution in [-0.4, -0.2) is 108 Å². The fraction of sp³-hybridized carbons (Fsp3) is 0.714. The van der Waals surface area contributed by atoms with Crippen molar-refractivity contribution in [2.45, 2.75) is 198 Å². The van der Waals surface area contributed by atoms with E-state index in [0.29, 0.717) is 12.8 Å². The predicted molar refractivity (Wildman–Crippen MR) is 268 cm³/mol. The monoisotopic (exact) mass is 1050 g/mol. The molecule has 10 atom stereocenters. The van der Waals surface area contributed by atoms with Crippen LogP contribution >= 0.6 is 15.6 Å². The lowest BCUT2D eigenvalue weighted by atomic mass is 9.99. The molecule has 2 heterocycles. The Morgan fingerprint density at radius 3 is 1.94 bits per heavy atom. The highest BCUT2D eigenvalue weighted by molar-refractivity contribution is 7.61. The van der Waals surface area contributed by atoms with Gasteiger partial charge in [-0.25, -0.2) is 13.9 Å². The summed E-state index contributed by atoms with van der Waals surface area (Å²) in [6.07, 6.45) is 24.1. The van der Waals surface area contributed by atoms with Gasteiger partial charge in [-0.3, -0.25) is 23.2 Å². The lowest BCUT2D eigenvalue weighted by Gasteiger charge is -2.21. The minimum Gasteiger partial charge on any atom is -0.462 e. The quantitative estimate of drug-likeness (QED) is 0.0142. The highest BCUT2D eigenvalue weighted by Crippen LogP contribution is 2.60. The second kappa shape index (κ2) is 36.5. The first-order valence-corrected chi connectivity index (χ1v) is 28.3. The molecule has 2 rings (SSSR count). The summed E-state index contributed by atoms with van der Waals surface area (Å²) in [5, 5.41) is 41.2. The van der Waals surface area contributed by atoms with Crippen molar-refractivity contribution in [3.05, 3.63) is 71.4 Å². The van der Waals surface area contributed by atoms with E-state index < -0.39 is 95.9 Å². The number of aliphatic hydroxyl groups excluding tert-OH is 4. The maximum absolute atomic E-state index is 12.9. The van der Waals surface area contributed by atoms with Gasteiger partial charge >= 0.3 is 33.3 Å². The molecule has 1 saturated heterocycles. The molecule has 22 heteroatoms. The van der Waals surface area contributed by atoms with Crippen LogP contribution < -0.4 is 11.4 Å². The number of aromatic nitrogens is 2. The van der Waals surface area contributed by atoms with E-state index in [-0.39, 0.29) is 31.5 Å². The number of carbonyl (C=O) groups excluding carboxylic acids is 2. The van der Waals surface area contributed by atoms with E-state index in [1.54, 1.807) is 24.3 Å². The zero-order chi connectivity index (χ0) is 52.5. The molecule has 71 heavy (non-hydrogen) atoms. The van der Waals surface area contributed by atoms with E-state index in [4.69, 9.17) is 29.0 Å². The summed E-state index contributed by atoms with van der Waals surface area (Å²) >= 11 is 0. The van der Waals surface area contributed by atoms with Gasteiger partial charge in [0.05, 0.1) is 25.4 Å². The number of anilines is 1. The average molecular weight is 1050 g/mol. The van der Waals surface area contributed by atoms with Gasteiger partial charge < -0.3 is 50.2 Å². The van der Waals surface area contributed by atoms with Crippen molar-refractivity contribution in [2.24, 2.45) is 5.92 Å². The Labute approximate surface area is 419 Å². The highest BCUT2D eigenvalue weighted by atomic mass is 31.3. The van der Waals surface area contributed by atoms with Crippen LogP contribution in [0.3, 0.4) is 0 Å². The highest BCUT2D eigenvalue weighted by Gasteiger charge is 2.46.